The molecular weight excluding hydrogens is 462 g/mol. The number of anilines is 2. The second-order valence-corrected chi connectivity index (χ2v) is 9.92. The molecule has 1 unspecified atom stereocenters. The van der Waals surface area contributed by atoms with Crippen LogP contribution in [0.4, 0.5) is 11.4 Å². The Morgan fingerprint density at radius 3 is 2.50 bits per heavy atom. The Balaban J connectivity index is 1.55. The van der Waals surface area contributed by atoms with Crippen molar-refractivity contribution in [2.45, 2.75) is 30.8 Å². The van der Waals surface area contributed by atoms with Gasteiger partial charge in [-0.3, -0.25) is 14.5 Å². The highest BCUT2D eigenvalue weighted by molar-refractivity contribution is 7.89. The molecule has 1 N–H and O–H groups in total. The van der Waals surface area contributed by atoms with Crippen LogP contribution in [0.3, 0.4) is 0 Å². The van der Waals surface area contributed by atoms with Crippen molar-refractivity contribution in [1.29, 1.82) is 0 Å². The number of amides is 2. The van der Waals surface area contributed by atoms with Crippen LogP contribution in [0, 0.1) is 0 Å². The molecule has 2 amide bonds. The average molecular weight is 488 g/mol. The minimum absolute atomic E-state index is 0.0324. The molecule has 0 radical (unpaired) electrons. The summed E-state index contributed by atoms with van der Waals surface area (Å²) in [4.78, 5) is 39.0. The summed E-state index contributed by atoms with van der Waals surface area (Å²) in [5.74, 6) is -1.69. The van der Waals surface area contributed by atoms with E-state index < -0.39 is 28.0 Å². The van der Waals surface area contributed by atoms with Crippen LogP contribution in [-0.2, 0) is 24.3 Å². The van der Waals surface area contributed by atoms with Crippen LogP contribution in [-0.4, -0.2) is 63.4 Å². The summed E-state index contributed by atoms with van der Waals surface area (Å²) in [5.41, 5.74) is 0.950. The van der Waals surface area contributed by atoms with E-state index in [9.17, 15) is 22.8 Å². The zero-order chi connectivity index (χ0) is 24.5. The van der Waals surface area contributed by atoms with Crippen LogP contribution in [0.1, 0.15) is 30.1 Å². The van der Waals surface area contributed by atoms with Crippen molar-refractivity contribution >= 4 is 39.2 Å². The number of nitrogens with one attached hydrogen (secondary N) is 1. The van der Waals surface area contributed by atoms with Gasteiger partial charge in [0.25, 0.3) is 5.91 Å². The summed E-state index contributed by atoms with van der Waals surface area (Å²) >= 11 is 0. The van der Waals surface area contributed by atoms with E-state index in [4.69, 9.17) is 9.47 Å². The number of methoxy groups -OCH3 is 1. The van der Waals surface area contributed by atoms with Crippen molar-refractivity contribution in [3.63, 3.8) is 0 Å². The minimum Gasteiger partial charge on any atom is -0.495 e. The van der Waals surface area contributed by atoms with E-state index in [0.29, 0.717) is 24.5 Å². The van der Waals surface area contributed by atoms with Crippen LogP contribution < -0.4 is 15.0 Å². The number of rotatable bonds is 6. The molecule has 0 aromatic heterocycles. The summed E-state index contributed by atoms with van der Waals surface area (Å²) in [6, 6.07) is 10.8. The third kappa shape index (κ3) is 4.48. The smallest absolute Gasteiger partial charge is 0.338 e. The molecule has 0 saturated carbocycles. The van der Waals surface area contributed by atoms with Gasteiger partial charge in [-0.2, -0.15) is 4.31 Å². The number of nitrogens with zero attached hydrogens (tertiary/aromatic N) is 2. The topological polar surface area (TPSA) is 122 Å². The number of esters is 1. The van der Waals surface area contributed by atoms with E-state index in [-0.39, 0.29) is 28.7 Å². The van der Waals surface area contributed by atoms with Crippen LogP contribution in [0.2, 0.25) is 0 Å². The molecule has 1 saturated heterocycles. The number of carbonyl (C=O) groups is 3. The Morgan fingerprint density at radius 1 is 1.09 bits per heavy atom. The lowest BCUT2D eigenvalue weighted by Crippen LogP contribution is -2.47. The molecule has 0 aliphatic carbocycles. The highest BCUT2D eigenvalue weighted by Crippen LogP contribution is 2.31. The number of fused-ring (bicyclic) bond motifs is 1. The molecule has 10 nitrogen and oxygen atoms in total. The van der Waals surface area contributed by atoms with Gasteiger partial charge in [0.1, 0.15) is 17.2 Å². The third-order valence-corrected chi connectivity index (χ3v) is 7.67. The first-order valence-corrected chi connectivity index (χ1v) is 12.3. The molecule has 0 bridgehead atoms. The summed E-state index contributed by atoms with van der Waals surface area (Å²) in [7, 11) is -2.51. The van der Waals surface area contributed by atoms with Crippen molar-refractivity contribution in [3.8, 4) is 5.75 Å². The first-order valence-electron chi connectivity index (χ1n) is 10.8. The molecule has 0 spiro atoms. The summed E-state index contributed by atoms with van der Waals surface area (Å²) in [6.07, 6.45) is 0.313. The summed E-state index contributed by atoms with van der Waals surface area (Å²) < 4.78 is 38.1. The van der Waals surface area contributed by atoms with Crippen LogP contribution >= 0.6 is 0 Å². The minimum atomic E-state index is -3.86. The molecule has 2 aliphatic heterocycles. The molecule has 180 valence electrons. The number of carbonyl (C=O) groups excluding carboxylic acids is 3. The Hall–Kier alpha value is -3.44. The maximum absolute atomic E-state index is 13.1. The zero-order valence-electron chi connectivity index (χ0n) is 18.8. The number of ether oxygens (including phenoxy) is 2. The summed E-state index contributed by atoms with van der Waals surface area (Å²) in [5, 5.41) is 2.69. The van der Waals surface area contributed by atoms with Gasteiger partial charge in [-0.1, -0.05) is 12.1 Å². The number of sulfonamides is 1. The number of hydrogen-bond donors (Lipinski definition) is 1. The molecule has 1 atom stereocenters. The predicted octanol–water partition coefficient (Wildman–Crippen LogP) is 2.01. The molecule has 2 aliphatic rings. The van der Waals surface area contributed by atoms with Gasteiger partial charge in [-0.15, -0.1) is 0 Å². The molecule has 1 fully saturated rings. The average Bonchev–Trinajstić information content (AvgIpc) is 3.38. The first-order chi connectivity index (χ1) is 16.2. The van der Waals surface area contributed by atoms with E-state index in [1.165, 1.54) is 41.4 Å². The largest absolute Gasteiger partial charge is 0.495 e. The fraction of sp³-hybridized carbons (Fsp3) is 0.348. The maximum Gasteiger partial charge on any atom is 0.338 e. The quantitative estimate of drug-likeness (QED) is 0.619. The van der Waals surface area contributed by atoms with E-state index in [1.54, 1.807) is 24.3 Å². The van der Waals surface area contributed by atoms with Gasteiger partial charge in [-0.05, 0) is 50.1 Å². The van der Waals surface area contributed by atoms with Crippen molar-refractivity contribution in [2.24, 2.45) is 0 Å². The summed E-state index contributed by atoms with van der Waals surface area (Å²) in [6.45, 7) is 1.99. The monoisotopic (exact) mass is 487 g/mol. The normalized spacial score (nSPS) is 17.0. The Kier molecular flexibility index (Phi) is 6.58. The van der Waals surface area contributed by atoms with Gasteiger partial charge >= 0.3 is 5.97 Å². The van der Waals surface area contributed by atoms with Gasteiger partial charge in [-0.25, -0.2) is 13.2 Å². The first kappa shape index (κ1) is 23.7. The number of para-hydroxylation sites is 2. The van der Waals surface area contributed by atoms with Crippen molar-refractivity contribution in [1.82, 2.24) is 4.31 Å². The fourth-order valence-corrected chi connectivity index (χ4v) is 5.70. The van der Waals surface area contributed by atoms with Gasteiger partial charge < -0.3 is 14.8 Å². The number of benzene rings is 2. The lowest BCUT2D eigenvalue weighted by atomic mass is 10.1. The van der Waals surface area contributed by atoms with Crippen LogP contribution in [0.25, 0.3) is 0 Å². The Bertz CT molecular complexity index is 1240. The van der Waals surface area contributed by atoms with Crippen molar-refractivity contribution < 1.29 is 32.3 Å². The lowest BCUT2D eigenvalue weighted by molar-refractivity contribution is -0.128. The Morgan fingerprint density at radius 2 is 1.79 bits per heavy atom. The molecule has 4 rings (SSSR count). The van der Waals surface area contributed by atoms with Gasteiger partial charge in [0.05, 0.1) is 24.0 Å². The van der Waals surface area contributed by atoms with E-state index in [1.807, 2.05) is 0 Å². The molecule has 11 heteroatoms. The number of hydrogen-bond acceptors (Lipinski definition) is 7. The second kappa shape index (κ2) is 9.43. The highest BCUT2D eigenvalue weighted by atomic mass is 32.2. The Labute approximate surface area is 197 Å². The lowest BCUT2D eigenvalue weighted by Gasteiger charge is -2.30. The zero-order valence-corrected chi connectivity index (χ0v) is 19.6. The third-order valence-electron chi connectivity index (χ3n) is 5.75. The van der Waals surface area contributed by atoms with Crippen LogP contribution in [0.15, 0.2) is 47.4 Å². The molecule has 2 aromatic carbocycles. The maximum atomic E-state index is 13.1. The molecular formula is C23H25N3O7S. The fourth-order valence-electron chi connectivity index (χ4n) is 4.00. The molecule has 2 aromatic rings. The van der Waals surface area contributed by atoms with Gasteiger partial charge in [0.2, 0.25) is 15.9 Å². The van der Waals surface area contributed by atoms with E-state index in [0.717, 1.165) is 12.8 Å². The van der Waals surface area contributed by atoms with Gasteiger partial charge in [0.15, 0.2) is 6.10 Å². The standard InChI is InChI=1S/C23H25N3O7S/c1-15(22(28)26-14-21(27)24-17-7-3-4-8-18(17)26)33-23(29)16-9-10-19(32-2)20(13-16)34(30,31)25-11-5-6-12-25/h3-4,7-10,13,15H,5-6,11-12,14H2,1-2H3,(H,24,27). The molecule has 34 heavy (non-hydrogen) atoms. The molecule has 2 heterocycles. The van der Waals surface area contributed by atoms with Crippen LogP contribution in [0.5, 0.6) is 5.75 Å². The van der Waals surface area contributed by atoms with Crippen molar-refractivity contribution in [3.05, 3.63) is 48.0 Å². The second-order valence-electron chi connectivity index (χ2n) is 8.01. The predicted molar refractivity (Wildman–Crippen MR) is 123 cm³/mol. The van der Waals surface area contributed by atoms with E-state index >= 15 is 0 Å². The highest BCUT2D eigenvalue weighted by Gasteiger charge is 2.33. The van der Waals surface area contributed by atoms with E-state index in [2.05, 4.69) is 5.32 Å². The van der Waals surface area contributed by atoms with Crippen molar-refractivity contribution in [2.75, 3.05) is 37.0 Å². The SMILES string of the molecule is COc1ccc(C(=O)OC(C)C(=O)N2CC(=O)Nc3ccccc32)cc1S(=O)(=O)N1CCCC1. The van der Waals surface area contributed by atoms with Gasteiger partial charge in [0, 0.05) is 13.1 Å².